The summed E-state index contributed by atoms with van der Waals surface area (Å²) in [5.74, 6) is -0.847. The summed E-state index contributed by atoms with van der Waals surface area (Å²) in [7, 11) is -0.758. The van der Waals surface area contributed by atoms with E-state index in [1.807, 2.05) is 0 Å². The number of sulfonamides is 1. The van der Waals surface area contributed by atoms with Crippen molar-refractivity contribution in [3.8, 4) is 0 Å². The molecule has 2 aromatic carbocycles. The largest absolute Gasteiger partial charge is 0.422 e. The summed E-state index contributed by atoms with van der Waals surface area (Å²) in [6, 6.07) is 10.3. The molecule has 4 aromatic rings. The predicted octanol–water partition coefficient (Wildman–Crippen LogP) is 2.60. The molecule has 156 valence electrons. The molecule has 0 aliphatic rings. The van der Waals surface area contributed by atoms with E-state index >= 15 is 0 Å². The van der Waals surface area contributed by atoms with Gasteiger partial charge in [0.25, 0.3) is 0 Å². The molecule has 30 heavy (non-hydrogen) atoms. The number of fused-ring (bicyclic) bond motifs is 3. The predicted molar refractivity (Wildman–Crippen MR) is 109 cm³/mol. The number of amides is 1. The van der Waals surface area contributed by atoms with Crippen LogP contribution in [0.2, 0.25) is 0 Å². The molecule has 12 heteroatoms. The minimum Gasteiger partial charge on any atom is -0.422 e. The number of hydrogen-bond acceptors (Lipinski definition) is 7. The van der Waals surface area contributed by atoms with E-state index in [-0.39, 0.29) is 22.2 Å². The molecule has 9 nitrogen and oxygen atoms in total. The standard InChI is InChI=1S/C18H16FN5O4S2/c1-23(2)30(26,27)11-7-8-15-14(9-11)24-17(28-15)21-22-18(24)29-10-16(25)20-13-6-4-3-5-12(13)19/h3-9H,10H2,1-2H3,(H,20,25). The minimum atomic E-state index is -3.64. The molecule has 0 aliphatic carbocycles. The van der Waals surface area contributed by atoms with Crippen LogP contribution in [0.3, 0.4) is 0 Å². The van der Waals surface area contributed by atoms with Crippen LogP contribution in [0.1, 0.15) is 0 Å². The van der Waals surface area contributed by atoms with Gasteiger partial charge in [0.15, 0.2) is 10.7 Å². The Morgan fingerprint density at radius 3 is 2.73 bits per heavy atom. The van der Waals surface area contributed by atoms with Crippen molar-refractivity contribution in [2.75, 3.05) is 25.2 Å². The van der Waals surface area contributed by atoms with Crippen LogP contribution in [0.15, 0.2) is 56.9 Å². The van der Waals surface area contributed by atoms with Crippen molar-refractivity contribution in [1.82, 2.24) is 18.9 Å². The molecule has 4 rings (SSSR count). The van der Waals surface area contributed by atoms with Crippen LogP contribution < -0.4 is 5.32 Å². The van der Waals surface area contributed by atoms with Crippen LogP contribution in [-0.2, 0) is 14.8 Å². The lowest BCUT2D eigenvalue weighted by Gasteiger charge is -2.10. The van der Waals surface area contributed by atoms with E-state index in [1.165, 1.54) is 48.8 Å². The average Bonchev–Trinajstić information content (AvgIpc) is 3.26. The van der Waals surface area contributed by atoms with Crippen molar-refractivity contribution in [3.63, 3.8) is 0 Å². The number of oxazole rings is 1. The number of thioether (sulfide) groups is 1. The number of aromatic nitrogens is 3. The lowest BCUT2D eigenvalue weighted by Crippen LogP contribution is -2.22. The van der Waals surface area contributed by atoms with Crippen LogP contribution in [0, 0.1) is 5.82 Å². The fourth-order valence-electron chi connectivity index (χ4n) is 2.73. The van der Waals surface area contributed by atoms with Gasteiger partial charge in [-0.1, -0.05) is 29.0 Å². The molecule has 0 aliphatic heterocycles. The number of anilines is 1. The Kier molecular flexibility index (Phi) is 5.22. The summed E-state index contributed by atoms with van der Waals surface area (Å²) in [6.07, 6.45) is 0. The highest BCUT2D eigenvalue weighted by atomic mass is 32.2. The highest BCUT2D eigenvalue weighted by molar-refractivity contribution is 7.99. The Balaban J connectivity index is 1.62. The summed E-state index contributed by atoms with van der Waals surface area (Å²) < 4.78 is 46.8. The SMILES string of the molecule is CN(C)S(=O)(=O)c1ccc2oc3nnc(SCC(=O)Nc4ccccc4F)n3c2c1. The number of nitrogens with zero attached hydrogens (tertiary/aromatic N) is 4. The Morgan fingerprint density at radius 1 is 1.23 bits per heavy atom. The van der Waals surface area contributed by atoms with Crippen molar-refractivity contribution < 1.29 is 22.0 Å². The number of rotatable bonds is 6. The number of carbonyl (C=O) groups excluding carboxylic acids is 1. The summed E-state index contributed by atoms with van der Waals surface area (Å²) in [4.78, 5) is 12.3. The third kappa shape index (κ3) is 3.64. The van der Waals surface area contributed by atoms with Gasteiger partial charge in [0.05, 0.1) is 21.9 Å². The van der Waals surface area contributed by atoms with E-state index in [1.54, 1.807) is 12.1 Å². The van der Waals surface area contributed by atoms with Crippen LogP contribution >= 0.6 is 11.8 Å². The molecule has 0 bridgehead atoms. The molecule has 0 fully saturated rings. The molecular weight excluding hydrogens is 433 g/mol. The van der Waals surface area contributed by atoms with Crippen molar-refractivity contribution in [2.24, 2.45) is 0 Å². The second-order valence-electron chi connectivity index (χ2n) is 6.44. The summed E-state index contributed by atoms with van der Waals surface area (Å²) in [6.45, 7) is 0. The number of nitrogens with one attached hydrogen (secondary N) is 1. The van der Waals surface area contributed by atoms with Crippen molar-refractivity contribution in [3.05, 3.63) is 48.3 Å². The van der Waals surface area contributed by atoms with E-state index in [2.05, 4.69) is 15.5 Å². The van der Waals surface area contributed by atoms with Gasteiger partial charge in [-0.25, -0.2) is 21.5 Å². The molecule has 0 saturated heterocycles. The zero-order valence-electron chi connectivity index (χ0n) is 15.9. The Morgan fingerprint density at radius 2 is 2.00 bits per heavy atom. The van der Waals surface area contributed by atoms with Crippen LogP contribution in [0.25, 0.3) is 16.9 Å². The Bertz CT molecular complexity index is 1360. The third-order valence-electron chi connectivity index (χ3n) is 4.24. The number of hydrogen-bond donors (Lipinski definition) is 1. The van der Waals surface area contributed by atoms with Crippen molar-refractivity contribution in [1.29, 1.82) is 0 Å². The zero-order chi connectivity index (χ0) is 21.5. The van der Waals surface area contributed by atoms with Gasteiger partial charge in [0.1, 0.15) is 5.82 Å². The number of benzene rings is 2. The third-order valence-corrected chi connectivity index (χ3v) is 6.98. The zero-order valence-corrected chi connectivity index (χ0v) is 17.5. The number of halogens is 1. The summed E-state index contributed by atoms with van der Waals surface area (Å²) in [5, 5.41) is 10.8. The van der Waals surface area contributed by atoms with Crippen LogP contribution in [0.5, 0.6) is 0 Å². The molecule has 1 amide bonds. The summed E-state index contributed by atoms with van der Waals surface area (Å²) in [5.41, 5.74) is 0.965. The fraction of sp³-hybridized carbons (Fsp3) is 0.167. The van der Waals surface area contributed by atoms with Gasteiger partial charge in [-0.05, 0) is 30.3 Å². The summed E-state index contributed by atoms with van der Waals surface area (Å²) >= 11 is 1.06. The van der Waals surface area contributed by atoms with Crippen LogP contribution in [-0.4, -0.2) is 53.1 Å². The topological polar surface area (TPSA) is 110 Å². The monoisotopic (exact) mass is 449 g/mol. The molecule has 2 aromatic heterocycles. The Hall–Kier alpha value is -2.96. The Labute approximate surface area is 174 Å². The van der Waals surface area contributed by atoms with E-state index in [0.29, 0.717) is 16.3 Å². The smallest absolute Gasteiger partial charge is 0.328 e. The molecule has 1 N–H and O–H groups in total. The first-order valence-corrected chi connectivity index (χ1v) is 11.1. The molecule has 0 unspecified atom stereocenters. The van der Waals surface area contributed by atoms with E-state index in [9.17, 15) is 17.6 Å². The number of para-hydroxylation sites is 1. The van der Waals surface area contributed by atoms with Gasteiger partial charge in [0.2, 0.25) is 15.9 Å². The molecule has 0 saturated carbocycles. The first-order valence-electron chi connectivity index (χ1n) is 8.65. The number of carbonyl (C=O) groups is 1. The van der Waals surface area contributed by atoms with Gasteiger partial charge in [-0.3, -0.25) is 4.79 Å². The van der Waals surface area contributed by atoms with Gasteiger partial charge in [0, 0.05) is 14.1 Å². The highest BCUT2D eigenvalue weighted by Gasteiger charge is 2.21. The van der Waals surface area contributed by atoms with E-state index in [0.717, 1.165) is 16.1 Å². The highest BCUT2D eigenvalue weighted by Crippen LogP contribution is 2.28. The lowest BCUT2D eigenvalue weighted by molar-refractivity contribution is -0.113. The molecule has 0 spiro atoms. The van der Waals surface area contributed by atoms with Gasteiger partial charge < -0.3 is 9.73 Å². The quantitative estimate of drug-likeness (QED) is 0.451. The minimum absolute atomic E-state index is 0.0580. The first-order chi connectivity index (χ1) is 14.3. The molecule has 0 atom stereocenters. The average molecular weight is 449 g/mol. The van der Waals surface area contributed by atoms with E-state index < -0.39 is 21.7 Å². The fourth-order valence-corrected chi connectivity index (χ4v) is 4.39. The van der Waals surface area contributed by atoms with Crippen molar-refractivity contribution >= 4 is 50.3 Å². The van der Waals surface area contributed by atoms with Gasteiger partial charge >= 0.3 is 5.84 Å². The normalized spacial score (nSPS) is 12.1. The maximum atomic E-state index is 13.7. The second kappa shape index (κ2) is 7.70. The lowest BCUT2D eigenvalue weighted by atomic mass is 10.3. The van der Waals surface area contributed by atoms with Gasteiger partial charge in [-0.2, -0.15) is 0 Å². The molecular formula is C18H16FN5O4S2. The van der Waals surface area contributed by atoms with E-state index in [4.69, 9.17) is 4.42 Å². The molecule has 0 radical (unpaired) electrons. The maximum Gasteiger partial charge on any atom is 0.328 e. The van der Waals surface area contributed by atoms with Crippen LogP contribution in [0.4, 0.5) is 10.1 Å². The first kappa shape index (κ1) is 20.3. The maximum absolute atomic E-state index is 13.7. The second-order valence-corrected chi connectivity index (χ2v) is 9.53. The van der Waals surface area contributed by atoms with Crippen molar-refractivity contribution in [2.45, 2.75) is 10.1 Å². The van der Waals surface area contributed by atoms with Gasteiger partial charge in [-0.15, -0.1) is 5.10 Å². The molecule has 2 heterocycles.